The van der Waals surface area contributed by atoms with Crippen LogP contribution in [0.15, 0.2) is 45.9 Å². The molecule has 0 saturated carbocycles. The smallest absolute Gasteiger partial charge is 0.194 e. The van der Waals surface area contributed by atoms with Crippen LogP contribution >= 0.6 is 24.0 Å². The van der Waals surface area contributed by atoms with Crippen molar-refractivity contribution in [3.8, 4) is 0 Å². The Balaban J connectivity index is 0.00000280. The van der Waals surface area contributed by atoms with E-state index >= 15 is 0 Å². The van der Waals surface area contributed by atoms with Gasteiger partial charge >= 0.3 is 0 Å². The van der Waals surface area contributed by atoms with Crippen LogP contribution in [0.1, 0.15) is 44.1 Å². The highest BCUT2D eigenvalue weighted by Crippen LogP contribution is 2.22. The number of nitrogens with zero attached hydrogens (tertiary/aromatic N) is 4. The lowest BCUT2D eigenvalue weighted by molar-refractivity contribution is 0.353. The first-order valence-corrected chi connectivity index (χ1v) is 9.96. The van der Waals surface area contributed by atoms with Gasteiger partial charge in [0.2, 0.25) is 0 Å². The molecule has 0 unspecified atom stereocenters. The predicted octanol–water partition coefficient (Wildman–Crippen LogP) is 4.09. The first-order chi connectivity index (χ1) is 13.2. The number of rotatable bonds is 6. The number of halogens is 1. The molecule has 2 aromatic rings. The van der Waals surface area contributed by atoms with Gasteiger partial charge in [-0.15, -0.1) is 24.0 Å². The molecular formula is C21H32IN5O. The first kappa shape index (κ1) is 22.5. The molecule has 1 aliphatic heterocycles. The van der Waals surface area contributed by atoms with Gasteiger partial charge in [0.1, 0.15) is 0 Å². The standard InChI is InChI=1S/C21H31N5O.HI/c1-4-17(5-2)20-15-19(27-24-20)16-23-21(22-3)26-13-11-25(12-14-26)18-9-7-6-8-10-18;/h6-10,15,17H,4-5,11-14,16H2,1-3H3,(H,22,23);1H. The molecule has 0 spiro atoms. The van der Waals surface area contributed by atoms with Gasteiger partial charge in [0, 0.05) is 50.9 Å². The molecular weight excluding hydrogens is 465 g/mol. The molecule has 0 radical (unpaired) electrons. The van der Waals surface area contributed by atoms with Crippen LogP contribution in [0.4, 0.5) is 5.69 Å². The minimum absolute atomic E-state index is 0. The fourth-order valence-corrected chi connectivity index (χ4v) is 3.63. The van der Waals surface area contributed by atoms with E-state index in [9.17, 15) is 0 Å². The zero-order valence-electron chi connectivity index (χ0n) is 17.1. The Morgan fingerprint density at radius 3 is 2.43 bits per heavy atom. The molecule has 1 saturated heterocycles. The quantitative estimate of drug-likeness (QED) is 0.370. The van der Waals surface area contributed by atoms with Gasteiger partial charge in [0.05, 0.1) is 12.2 Å². The first-order valence-electron chi connectivity index (χ1n) is 9.96. The van der Waals surface area contributed by atoms with Crippen molar-refractivity contribution < 1.29 is 4.52 Å². The second-order valence-corrected chi connectivity index (χ2v) is 6.94. The Labute approximate surface area is 185 Å². The average Bonchev–Trinajstić information content (AvgIpc) is 3.19. The van der Waals surface area contributed by atoms with Crippen LogP contribution in [0.25, 0.3) is 0 Å². The second kappa shape index (κ2) is 11.3. The average molecular weight is 497 g/mol. The molecule has 0 amide bonds. The summed E-state index contributed by atoms with van der Waals surface area (Å²) in [4.78, 5) is 9.17. The van der Waals surface area contributed by atoms with E-state index < -0.39 is 0 Å². The van der Waals surface area contributed by atoms with E-state index in [0.29, 0.717) is 12.5 Å². The minimum atomic E-state index is 0. The Morgan fingerprint density at radius 1 is 1.14 bits per heavy atom. The molecule has 1 aromatic carbocycles. The summed E-state index contributed by atoms with van der Waals surface area (Å²) in [6.45, 7) is 8.87. The molecule has 1 aliphatic rings. The number of anilines is 1. The molecule has 154 valence electrons. The van der Waals surface area contributed by atoms with E-state index in [1.165, 1.54) is 5.69 Å². The zero-order valence-corrected chi connectivity index (χ0v) is 19.4. The molecule has 1 fully saturated rings. The number of piperazine rings is 1. The van der Waals surface area contributed by atoms with Gasteiger partial charge in [0.25, 0.3) is 0 Å². The van der Waals surface area contributed by atoms with Gasteiger partial charge in [-0.3, -0.25) is 4.99 Å². The summed E-state index contributed by atoms with van der Waals surface area (Å²) in [7, 11) is 1.84. The van der Waals surface area contributed by atoms with Crippen LogP contribution in [0.5, 0.6) is 0 Å². The van der Waals surface area contributed by atoms with Crippen LogP contribution < -0.4 is 10.2 Å². The van der Waals surface area contributed by atoms with Crippen LogP contribution in [-0.4, -0.2) is 49.2 Å². The summed E-state index contributed by atoms with van der Waals surface area (Å²) >= 11 is 0. The number of aliphatic imine (C=N–C) groups is 1. The lowest BCUT2D eigenvalue weighted by atomic mass is 9.99. The number of guanidine groups is 1. The van der Waals surface area contributed by atoms with Crippen LogP contribution in [0.2, 0.25) is 0 Å². The lowest BCUT2D eigenvalue weighted by Gasteiger charge is -2.37. The fourth-order valence-electron chi connectivity index (χ4n) is 3.63. The molecule has 0 bridgehead atoms. The summed E-state index contributed by atoms with van der Waals surface area (Å²) in [5, 5.41) is 7.66. The number of benzene rings is 1. The molecule has 3 rings (SSSR count). The summed E-state index contributed by atoms with van der Waals surface area (Å²) in [6, 6.07) is 12.7. The Hall–Kier alpha value is -1.77. The maximum atomic E-state index is 5.51. The maximum Gasteiger partial charge on any atom is 0.194 e. The van der Waals surface area contributed by atoms with E-state index in [1.54, 1.807) is 0 Å². The zero-order chi connectivity index (χ0) is 19.1. The number of aromatic nitrogens is 1. The Bertz CT molecular complexity index is 721. The van der Waals surface area contributed by atoms with Crippen molar-refractivity contribution in [1.82, 2.24) is 15.4 Å². The van der Waals surface area contributed by atoms with Crippen LogP contribution in [-0.2, 0) is 6.54 Å². The number of hydrogen-bond acceptors (Lipinski definition) is 4. The molecule has 7 heteroatoms. The van der Waals surface area contributed by atoms with Gasteiger partial charge in [0.15, 0.2) is 11.7 Å². The Kier molecular flexibility index (Phi) is 9.08. The third-order valence-corrected chi connectivity index (χ3v) is 5.31. The van der Waals surface area contributed by atoms with Gasteiger partial charge in [-0.25, -0.2) is 0 Å². The van der Waals surface area contributed by atoms with Crippen molar-refractivity contribution in [2.45, 2.75) is 39.2 Å². The third kappa shape index (κ3) is 5.62. The van der Waals surface area contributed by atoms with Gasteiger partial charge in [-0.1, -0.05) is 37.2 Å². The van der Waals surface area contributed by atoms with Gasteiger partial charge < -0.3 is 19.6 Å². The van der Waals surface area contributed by atoms with Crippen LogP contribution in [0.3, 0.4) is 0 Å². The molecule has 28 heavy (non-hydrogen) atoms. The largest absolute Gasteiger partial charge is 0.368 e. The highest BCUT2D eigenvalue weighted by molar-refractivity contribution is 14.0. The molecule has 0 aliphatic carbocycles. The summed E-state index contributed by atoms with van der Waals surface area (Å²) < 4.78 is 5.51. The third-order valence-electron chi connectivity index (χ3n) is 5.31. The SMILES string of the molecule is CCC(CC)c1cc(CNC(=NC)N2CCN(c3ccccc3)CC2)on1.I. The van der Waals surface area contributed by atoms with Crippen molar-refractivity contribution in [3.63, 3.8) is 0 Å². The van der Waals surface area contributed by atoms with Gasteiger partial charge in [-0.05, 0) is 25.0 Å². The maximum absolute atomic E-state index is 5.51. The number of para-hydroxylation sites is 1. The summed E-state index contributed by atoms with van der Waals surface area (Å²) in [5.74, 6) is 2.26. The van der Waals surface area contributed by atoms with Crippen LogP contribution in [0, 0.1) is 0 Å². The lowest BCUT2D eigenvalue weighted by Crippen LogP contribution is -2.52. The van der Waals surface area contributed by atoms with Crippen molar-refractivity contribution in [2.24, 2.45) is 4.99 Å². The van der Waals surface area contributed by atoms with Crippen molar-refractivity contribution in [1.29, 1.82) is 0 Å². The fraction of sp³-hybridized carbons (Fsp3) is 0.524. The second-order valence-electron chi connectivity index (χ2n) is 6.94. The summed E-state index contributed by atoms with van der Waals surface area (Å²) in [5.41, 5.74) is 2.35. The number of nitrogens with one attached hydrogen (secondary N) is 1. The molecule has 2 heterocycles. The normalized spacial score (nSPS) is 14.9. The Morgan fingerprint density at radius 2 is 1.82 bits per heavy atom. The predicted molar refractivity (Wildman–Crippen MR) is 126 cm³/mol. The van der Waals surface area contributed by atoms with Gasteiger partial charge in [-0.2, -0.15) is 0 Å². The van der Waals surface area contributed by atoms with Crippen molar-refractivity contribution >= 4 is 35.6 Å². The molecule has 0 atom stereocenters. The van der Waals surface area contributed by atoms with E-state index in [2.05, 4.69) is 75.5 Å². The number of hydrogen-bond donors (Lipinski definition) is 1. The summed E-state index contributed by atoms with van der Waals surface area (Å²) in [6.07, 6.45) is 2.17. The van der Waals surface area contributed by atoms with E-state index in [1.807, 2.05) is 7.05 Å². The minimum Gasteiger partial charge on any atom is -0.368 e. The molecule has 6 nitrogen and oxygen atoms in total. The van der Waals surface area contributed by atoms with E-state index in [4.69, 9.17) is 4.52 Å². The monoisotopic (exact) mass is 497 g/mol. The topological polar surface area (TPSA) is 56.9 Å². The highest BCUT2D eigenvalue weighted by Gasteiger charge is 2.20. The highest BCUT2D eigenvalue weighted by atomic mass is 127. The van der Waals surface area contributed by atoms with Crippen molar-refractivity contribution in [3.05, 3.63) is 47.9 Å². The van der Waals surface area contributed by atoms with E-state index in [-0.39, 0.29) is 24.0 Å². The molecule has 1 N–H and O–H groups in total. The van der Waals surface area contributed by atoms with Crippen molar-refractivity contribution in [2.75, 3.05) is 38.1 Å². The molecule has 1 aromatic heterocycles. The van der Waals surface area contributed by atoms with E-state index in [0.717, 1.165) is 56.4 Å².